The van der Waals surface area contributed by atoms with Gasteiger partial charge < -0.3 is 14.2 Å². The van der Waals surface area contributed by atoms with Crippen molar-refractivity contribution in [2.24, 2.45) is 5.92 Å². The van der Waals surface area contributed by atoms with Crippen LogP contribution in [0.3, 0.4) is 0 Å². The summed E-state index contributed by atoms with van der Waals surface area (Å²) >= 11 is 0. The number of amides is 1. The Bertz CT molecular complexity index is 1000. The van der Waals surface area contributed by atoms with E-state index in [1.165, 1.54) is 0 Å². The van der Waals surface area contributed by atoms with Crippen LogP contribution >= 0.6 is 0 Å². The first kappa shape index (κ1) is 17.2. The van der Waals surface area contributed by atoms with Gasteiger partial charge in [-0.1, -0.05) is 6.07 Å². The van der Waals surface area contributed by atoms with Gasteiger partial charge >= 0.3 is 0 Å². The van der Waals surface area contributed by atoms with Crippen LogP contribution in [0, 0.1) is 5.92 Å². The van der Waals surface area contributed by atoms with E-state index in [0.717, 1.165) is 35.7 Å². The Kier molecular flexibility index (Phi) is 4.22. The van der Waals surface area contributed by atoms with E-state index in [9.17, 15) is 9.18 Å². The van der Waals surface area contributed by atoms with Gasteiger partial charge in [0, 0.05) is 50.6 Å². The number of nitrogens with zero attached hydrogens (tertiary/aromatic N) is 5. The highest BCUT2D eigenvalue weighted by Gasteiger charge is 2.34. The van der Waals surface area contributed by atoms with Gasteiger partial charge in [-0.25, -0.2) is 4.98 Å². The van der Waals surface area contributed by atoms with E-state index in [-0.39, 0.29) is 18.5 Å². The fourth-order valence-electron chi connectivity index (χ4n) is 4.24. The molecule has 2 aliphatic heterocycles. The normalized spacial score (nSPS) is 19.0. The molecule has 0 radical (unpaired) electrons. The standard InChI is InChI=1S/C21H22FN5O/c22-11-15-5-9-25(12-15)18-4-7-23-17-14-27(21(28)20(17)18)10-6-16-13-26-8-2-1-3-19(26)24-16/h1-4,7-8,13,15H,5-6,9-12,14H2. The molecule has 3 aromatic rings. The molecule has 0 spiro atoms. The summed E-state index contributed by atoms with van der Waals surface area (Å²) in [6, 6.07) is 7.80. The van der Waals surface area contributed by atoms with Gasteiger partial charge in [-0.15, -0.1) is 0 Å². The van der Waals surface area contributed by atoms with E-state index in [2.05, 4.69) is 14.9 Å². The van der Waals surface area contributed by atoms with Crippen LogP contribution in [0.4, 0.5) is 10.1 Å². The van der Waals surface area contributed by atoms with E-state index in [0.29, 0.717) is 31.6 Å². The Morgan fingerprint density at radius 2 is 2.18 bits per heavy atom. The maximum atomic E-state index is 13.1. The van der Waals surface area contributed by atoms with Crippen LogP contribution in [0.2, 0.25) is 0 Å². The summed E-state index contributed by atoms with van der Waals surface area (Å²) in [7, 11) is 0. The van der Waals surface area contributed by atoms with Crippen molar-refractivity contribution in [1.29, 1.82) is 0 Å². The second kappa shape index (κ2) is 6.89. The first-order valence-electron chi connectivity index (χ1n) is 9.73. The molecule has 0 saturated carbocycles. The van der Waals surface area contributed by atoms with Crippen molar-refractivity contribution in [3.05, 3.63) is 59.8 Å². The summed E-state index contributed by atoms with van der Waals surface area (Å²) < 4.78 is 15.0. The van der Waals surface area contributed by atoms with Crippen molar-refractivity contribution in [2.45, 2.75) is 19.4 Å². The minimum absolute atomic E-state index is 0.0190. The fraction of sp³-hybridized carbons (Fsp3) is 0.381. The van der Waals surface area contributed by atoms with E-state index in [1.54, 1.807) is 6.20 Å². The Balaban J connectivity index is 1.32. The molecule has 6 nitrogen and oxygen atoms in total. The number of aromatic nitrogens is 3. The van der Waals surface area contributed by atoms with Crippen molar-refractivity contribution in [3.63, 3.8) is 0 Å². The molecular formula is C21H22FN5O. The van der Waals surface area contributed by atoms with Crippen LogP contribution in [0.1, 0.15) is 28.2 Å². The lowest BCUT2D eigenvalue weighted by Crippen LogP contribution is -2.28. The van der Waals surface area contributed by atoms with Crippen molar-refractivity contribution in [2.75, 3.05) is 31.2 Å². The molecule has 7 heteroatoms. The largest absolute Gasteiger partial charge is 0.370 e. The van der Waals surface area contributed by atoms with E-state index in [4.69, 9.17) is 0 Å². The van der Waals surface area contributed by atoms with Crippen LogP contribution in [0.5, 0.6) is 0 Å². The summed E-state index contributed by atoms with van der Waals surface area (Å²) in [5.41, 5.74) is 4.29. The molecule has 1 saturated heterocycles. The maximum Gasteiger partial charge on any atom is 0.258 e. The maximum absolute atomic E-state index is 13.1. The topological polar surface area (TPSA) is 53.7 Å². The number of imidazole rings is 1. The number of hydrogen-bond acceptors (Lipinski definition) is 4. The zero-order valence-electron chi connectivity index (χ0n) is 15.6. The lowest BCUT2D eigenvalue weighted by molar-refractivity contribution is 0.0780. The van der Waals surface area contributed by atoms with Crippen LogP contribution in [-0.2, 0) is 13.0 Å². The van der Waals surface area contributed by atoms with Gasteiger partial charge in [0.15, 0.2) is 0 Å². The average Bonchev–Trinajstić information content (AvgIpc) is 3.43. The number of carbonyl (C=O) groups excluding carboxylic acids is 1. The molecule has 1 atom stereocenters. The lowest BCUT2D eigenvalue weighted by Gasteiger charge is -2.21. The highest BCUT2D eigenvalue weighted by Crippen LogP contribution is 2.33. The predicted molar refractivity (Wildman–Crippen MR) is 104 cm³/mol. The van der Waals surface area contributed by atoms with Crippen molar-refractivity contribution in [3.8, 4) is 0 Å². The second-order valence-corrected chi connectivity index (χ2v) is 7.58. The average molecular weight is 379 g/mol. The molecule has 3 aromatic heterocycles. The van der Waals surface area contributed by atoms with Crippen LogP contribution in [-0.4, -0.2) is 51.5 Å². The Labute approximate surface area is 162 Å². The van der Waals surface area contributed by atoms with Gasteiger partial charge in [-0.05, 0) is 24.6 Å². The Hall–Kier alpha value is -2.96. The van der Waals surface area contributed by atoms with E-state index >= 15 is 0 Å². The summed E-state index contributed by atoms with van der Waals surface area (Å²) in [5.74, 6) is 0.0806. The number of halogens is 1. The summed E-state index contributed by atoms with van der Waals surface area (Å²) in [5, 5.41) is 0. The molecule has 144 valence electrons. The number of alkyl halides is 1. The van der Waals surface area contributed by atoms with Gasteiger partial charge in [0.05, 0.1) is 35.9 Å². The molecule has 0 N–H and O–H groups in total. The molecule has 0 aliphatic carbocycles. The van der Waals surface area contributed by atoms with E-state index < -0.39 is 0 Å². The van der Waals surface area contributed by atoms with E-state index in [1.807, 2.05) is 46.0 Å². The van der Waals surface area contributed by atoms with Gasteiger partial charge in [-0.3, -0.25) is 14.2 Å². The first-order chi connectivity index (χ1) is 13.7. The minimum Gasteiger partial charge on any atom is -0.370 e. The quantitative estimate of drug-likeness (QED) is 0.684. The lowest BCUT2D eigenvalue weighted by atomic mass is 10.1. The zero-order valence-corrected chi connectivity index (χ0v) is 15.6. The van der Waals surface area contributed by atoms with Gasteiger partial charge in [0.1, 0.15) is 5.65 Å². The van der Waals surface area contributed by atoms with Crippen LogP contribution < -0.4 is 4.90 Å². The molecule has 5 rings (SSSR count). The molecule has 1 unspecified atom stereocenters. The minimum atomic E-state index is -0.303. The summed E-state index contributed by atoms with van der Waals surface area (Å²) in [4.78, 5) is 26.1. The second-order valence-electron chi connectivity index (χ2n) is 7.58. The Morgan fingerprint density at radius 1 is 1.25 bits per heavy atom. The number of pyridine rings is 2. The Morgan fingerprint density at radius 3 is 3.00 bits per heavy atom. The number of carbonyl (C=O) groups is 1. The zero-order chi connectivity index (χ0) is 19.1. The molecule has 1 amide bonds. The van der Waals surface area contributed by atoms with Crippen LogP contribution in [0.25, 0.3) is 5.65 Å². The van der Waals surface area contributed by atoms with Gasteiger partial charge in [0.2, 0.25) is 0 Å². The molecule has 28 heavy (non-hydrogen) atoms. The molecule has 0 aromatic carbocycles. The smallest absolute Gasteiger partial charge is 0.258 e. The number of hydrogen-bond donors (Lipinski definition) is 0. The summed E-state index contributed by atoms with van der Waals surface area (Å²) in [6.45, 7) is 2.28. The third-order valence-electron chi connectivity index (χ3n) is 5.75. The van der Waals surface area contributed by atoms with Crippen molar-refractivity contribution < 1.29 is 9.18 Å². The predicted octanol–water partition coefficient (Wildman–Crippen LogP) is 2.72. The van der Waals surface area contributed by atoms with Crippen molar-refractivity contribution in [1.82, 2.24) is 19.3 Å². The number of fused-ring (bicyclic) bond motifs is 2. The SMILES string of the molecule is O=C1c2c(N3CCC(CF)C3)ccnc2CN1CCc1cn2ccccc2n1. The first-order valence-corrected chi connectivity index (χ1v) is 9.73. The third-order valence-corrected chi connectivity index (χ3v) is 5.75. The highest BCUT2D eigenvalue weighted by molar-refractivity contribution is 6.03. The molecular weight excluding hydrogens is 357 g/mol. The highest BCUT2D eigenvalue weighted by atomic mass is 19.1. The number of anilines is 1. The molecule has 2 aliphatic rings. The van der Waals surface area contributed by atoms with Gasteiger partial charge in [-0.2, -0.15) is 0 Å². The van der Waals surface area contributed by atoms with Crippen LogP contribution in [0.15, 0.2) is 42.9 Å². The van der Waals surface area contributed by atoms with Crippen molar-refractivity contribution >= 4 is 17.2 Å². The molecule has 5 heterocycles. The third kappa shape index (κ3) is 2.91. The monoisotopic (exact) mass is 379 g/mol. The summed E-state index contributed by atoms with van der Waals surface area (Å²) in [6.07, 6.45) is 7.27. The van der Waals surface area contributed by atoms with Gasteiger partial charge in [0.25, 0.3) is 5.91 Å². The number of rotatable bonds is 5. The molecule has 1 fully saturated rings. The fourth-order valence-corrected chi connectivity index (χ4v) is 4.24. The molecule has 0 bridgehead atoms.